The second-order valence-corrected chi connectivity index (χ2v) is 5.54. The minimum absolute atomic E-state index is 0.169. The Balaban J connectivity index is 1.85. The Hall–Kier alpha value is -2.97. The molecule has 3 aromatic rings. The Labute approximate surface area is 144 Å². The van der Waals surface area contributed by atoms with Gasteiger partial charge in [-0.25, -0.2) is 9.97 Å². The van der Waals surface area contributed by atoms with E-state index in [-0.39, 0.29) is 12.5 Å². The number of hydrogen-bond acceptors (Lipinski definition) is 7. The van der Waals surface area contributed by atoms with Crippen molar-refractivity contribution in [3.8, 4) is 0 Å². The molecule has 0 bridgehead atoms. The Morgan fingerprint density at radius 3 is 2.68 bits per heavy atom. The van der Waals surface area contributed by atoms with Gasteiger partial charge in [0.1, 0.15) is 5.52 Å². The van der Waals surface area contributed by atoms with E-state index in [4.69, 9.17) is 10.2 Å². The summed E-state index contributed by atoms with van der Waals surface area (Å²) in [4.78, 5) is 23.0. The van der Waals surface area contributed by atoms with Crippen LogP contribution in [0.2, 0.25) is 0 Å². The van der Waals surface area contributed by atoms with Crippen LogP contribution in [0.5, 0.6) is 0 Å². The minimum Gasteiger partial charge on any atom is -0.423 e. The zero-order valence-corrected chi connectivity index (χ0v) is 14.6. The lowest BCUT2D eigenvalue weighted by Gasteiger charge is -2.18. The predicted molar refractivity (Wildman–Crippen MR) is 91.7 cm³/mol. The number of imidazole rings is 1. The summed E-state index contributed by atoms with van der Waals surface area (Å²) in [6.45, 7) is 7.22. The van der Waals surface area contributed by atoms with Crippen molar-refractivity contribution >= 4 is 23.0 Å². The molecule has 0 fully saturated rings. The standard InChI is InChI=1S/C16H21N7O2/c1-4-12-20-21-13(25-12)9-22(5-2)15(24)10-7-11-14(18-8-10)23(6-3)16(17)19-11/h7-8H,4-6,9H2,1-3H3,(H2,17,19). The fourth-order valence-corrected chi connectivity index (χ4v) is 2.63. The van der Waals surface area contributed by atoms with E-state index < -0.39 is 0 Å². The van der Waals surface area contributed by atoms with Crippen molar-refractivity contribution in [2.75, 3.05) is 12.3 Å². The van der Waals surface area contributed by atoms with Crippen molar-refractivity contribution in [2.24, 2.45) is 0 Å². The van der Waals surface area contributed by atoms with Gasteiger partial charge in [0.2, 0.25) is 17.7 Å². The highest BCUT2D eigenvalue weighted by molar-refractivity contribution is 5.96. The van der Waals surface area contributed by atoms with Gasteiger partial charge in [-0.05, 0) is 19.9 Å². The third kappa shape index (κ3) is 3.17. The molecule has 0 radical (unpaired) electrons. The van der Waals surface area contributed by atoms with Crippen LogP contribution in [-0.4, -0.2) is 42.1 Å². The predicted octanol–water partition coefficient (Wildman–Crippen LogP) is 1.64. The van der Waals surface area contributed by atoms with E-state index in [1.807, 2.05) is 20.8 Å². The van der Waals surface area contributed by atoms with Crippen molar-refractivity contribution in [3.05, 3.63) is 29.6 Å². The van der Waals surface area contributed by atoms with Crippen LogP contribution in [0.1, 0.15) is 42.9 Å². The van der Waals surface area contributed by atoms with Gasteiger partial charge in [-0.1, -0.05) is 6.92 Å². The largest absolute Gasteiger partial charge is 0.423 e. The average molecular weight is 343 g/mol. The summed E-state index contributed by atoms with van der Waals surface area (Å²) in [7, 11) is 0. The molecule has 3 aromatic heterocycles. The quantitative estimate of drug-likeness (QED) is 0.723. The first-order chi connectivity index (χ1) is 12.1. The summed E-state index contributed by atoms with van der Waals surface area (Å²) in [5.74, 6) is 1.19. The monoisotopic (exact) mass is 343 g/mol. The summed E-state index contributed by atoms with van der Waals surface area (Å²) >= 11 is 0. The average Bonchev–Trinajstić information content (AvgIpc) is 3.20. The summed E-state index contributed by atoms with van der Waals surface area (Å²) in [5, 5.41) is 7.89. The van der Waals surface area contributed by atoms with E-state index in [1.165, 1.54) is 0 Å². The summed E-state index contributed by atoms with van der Waals surface area (Å²) in [6.07, 6.45) is 2.21. The molecule has 0 spiro atoms. The van der Waals surface area contributed by atoms with Crippen LogP contribution < -0.4 is 5.73 Å². The highest BCUT2D eigenvalue weighted by atomic mass is 16.4. The van der Waals surface area contributed by atoms with Gasteiger partial charge in [0.05, 0.1) is 12.1 Å². The molecule has 1 amide bonds. The van der Waals surface area contributed by atoms with Crippen LogP contribution in [0.3, 0.4) is 0 Å². The lowest BCUT2D eigenvalue weighted by Crippen LogP contribution is -2.30. The molecule has 25 heavy (non-hydrogen) atoms. The lowest BCUT2D eigenvalue weighted by atomic mass is 10.2. The first-order valence-corrected chi connectivity index (χ1v) is 8.29. The molecule has 0 saturated carbocycles. The molecular formula is C16H21N7O2. The van der Waals surface area contributed by atoms with E-state index in [2.05, 4.69) is 20.2 Å². The number of aryl methyl sites for hydroxylation is 2. The number of rotatable bonds is 6. The smallest absolute Gasteiger partial charge is 0.255 e. The Bertz CT molecular complexity index is 899. The van der Waals surface area contributed by atoms with E-state index in [0.717, 1.165) is 0 Å². The van der Waals surface area contributed by atoms with E-state index in [9.17, 15) is 4.79 Å². The normalized spacial score (nSPS) is 11.2. The summed E-state index contributed by atoms with van der Waals surface area (Å²) in [5.41, 5.74) is 7.61. The number of aromatic nitrogens is 5. The molecule has 3 heterocycles. The van der Waals surface area contributed by atoms with Gasteiger partial charge < -0.3 is 15.1 Å². The Morgan fingerprint density at radius 2 is 2.04 bits per heavy atom. The number of nitrogen functional groups attached to an aromatic ring is 1. The number of carbonyl (C=O) groups is 1. The van der Waals surface area contributed by atoms with Crippen LogP contribution in [0.15, 0.2) is 16.7 Å². The molecule has 0 saturated heterocycles. The van der Waals surface area contributed by atoms with Crippen LogP contribution in [0, 0.1) is 0 Å². The van der Waals surface area contributed by atoms with Crippen molar-refractivity contribution in [1.29, 1.82) is 0 Å². The first kappa shape index (κ1) is 16.9. The molecular weight excluding hydrogens is 322 g/mol. The maximum atomic E-state index is 12.8. The maximum Gasteiger partial charge on any atom is 0.255 e. The second kappa shape index (κ2) is 6.88. The van der Waals surface area contributed by atoms with Crippen LogP contribution in [-0.2, 0) is 19.5 Å². The van der Waals surface area contributed by atoms with Gasteiger partial charge >= 0.3 is 0 Å². The molecule has 0 unspecified atom stereocenters. The molecule has 132 valence electrons. The van der Waals surface area contributed by atoms with Crippen LogP contribution in [0.25, 0.3) is 11.2 Å². The summed E-state index contributed by atoms with van der Waals surface area (Å²) in [6, 6.07) is 1.71. The van der Waals surface area contributed by atoms with Gasteiger partial charge in [0.15, 0.2) is 5.65 Å². The van der Waals surface area contributed by atoms with E-state index >= 15 is 0 Å². The van der Waals surface area contributed by atoms with Crippen molar-refractivity contribution in [1.82, 2.24) is 29.6 Å². The van der Waals surface area contributed by atoms with Gasteiger partial charge in [-0.15, -0.1) is 10.2 Å². The molecule has 0 atom stereocenters. The highest BCUT2D eigenvalue weighted by Gasteiger charge is 2.19. The van der Waals surface area contributed by atoms with Crippen molar-refractivity contribution in [2.45, 2.75) is 40.3 Å². The first-order valence-electron chi connectivity index (χ1n) is 8.29. The highest BCUT2D eigenvalue weighted by Crippen LogP contribution is 2.18. The fraction of sp³-hybridized carbons (Fsp3) is 0.438. The molecule has 3 rings (SSSR count). The van der Waals surface area contributed by atoms with Gasteiger partial charge in [0, 0.05) is 25.7 Å². The molecule has 0 aromatic carbocycles. The number of amides is 1. The lowest BCUT2D eigenvalue weighted by molar-refractivity contribution is 0.0737. The number of nitrogens with zero attached hydrogens (tertiary/aromatic N) is 6. The number of anilines is 1. The Kier molecular flexibility index (Phi) is 4.64. The molecule has 2 N–H and O–H groups in total. The third-order valence-corrected chi connectivity index (χ3v) is 3.98. The third-order valence-electron chi connectivity index (χ3n) is 3.98. The number of carbonyl (C=O) groups excluding carboxylic acids is 1. The van der Waals surface area contributed by atoms with E-state index in [1.54, 1.807) is 21.7 Å². The molecule has 0 aliphatic heterocycles. The summed E-state index contributed by atoms with van der Waals surface area (Å²) < 4.78 is 7.29. The van der Waals surface area contributed by atoms with Crippen molar-refractivity contribution in [3.63, 3.8) is 0 Å². The second-order valence-electron chi connectivity index (χ2n) is 5.54. The molecule has 0 aliphatic carbocycles. The number of nitrogens with two attached hydrogens (primary N) is 1. The van der Waals surface area contributed by atoms with Gasteiger partial charge in [-0.3, -0.25) is 9.36 Å². The van der Waals surface area contributed by atoms with Crippen molar-refractivity contribution < 1.29 is 9.21 Å². The molecule has 9 heteroatoms. The topological polar surface area (TPSA) is 116 Å². The minimum atomic E-state index is -0.169. The Morgan fingerprint density at radius 1 is 1.28 bits per heavy atom. The number of hydrogen-bond donors (Lipinski definition) is 1. The van der Waals surface area contributed by atoms with Crippen LogP contribution in [0.4, 0.5) is 5.95 Å². The van der Waals surface area contributed by atoms with Gasteiger partial charge in [0.25, 0.3) is 5.91 Å². The number of fused-ring (bicyclic) bond motifs is 1. The zero-order chi connectivity index (χ0) is 18.0. The zero-order valence-electron chi connectivity index (χ0n) is 14.6. The van der Waals surface area contributed by atoms with Crippen LogP contribution >= 0.6 is 0 Å². The maximum absolute atomic E-state index is 12.8. The fourth-order valence-electron chi connectivity index (χ4n) is 2.63. The molecule has 9 nitrogen and oxygen atoms in total. The number of pyridine rings is 1. The van der Waals surface area contributed by atoms with E-state index in [0.29, 0.717) is 54.0 Å². The van der Waals surface area contributed by atoms with Gasteiger partial charge in [-0.2, -0.15) is 0 Å². The molecule has 0 aliphatic rings. The SMILES string of the molecule is CCc1nnc(CN(CC)C(=O)c2cnc3c(c2)nc(N)n3CC)o1.